The minimum Gasteiger partial charge on any atom is -0.480 e. The lowest BCUT2D eigenvalue weighted by Gasteiger charge is -2.42. The first kappa shape index (κ1) is 18.7. The number of carboxylic acids is 1. The van der Waals surface area contributed by atoms with Crippen LogP contribution >= 0.6 is 0 Å². The molecule has 4 rings (SSSR count). The number of hydrogen-bond donors (Lipinski definition) is 2. The van der Waals surface area contributed by atoms with E-state index in [1.807, 2.05) is 37.3 Å². The number of amides is 1. The van der Waals surface area contributed by atoms with Gasteiger partial charge < -0.3 is 10.4 Å². The first-order valence-corrected chi connectivity index (χ1v) is 9.88. The standard InChI is InChI=1S/C21H26N4O3/c1-14-9-19(23-25(14)17-5-3-2-4-6-17)21(28)22-16-10-18(11-16)24(13-20(26)27)12-15-7-8-15/h2-6,9,15-16,18H,7-8,10-13H2,1H3,(H,22,28)(H,26,27). The Morgan fingerprint density at radius 3 is 2.61 bits per heavy atom. The van der Waals surface area contributed by atoms with Gasteiger partial charge in [-0.25, -0.2) is 4.68 Å². The number of hydrogen-bond acceptors (Lipinski definition) is 4. The van der Waals surface area contributed by atoms with Crippen LogP contribution in [0.25, 0.3) is 5.69 Å². The molecule has 28 heavy (non-hydrogen) atoms. The number of benzene rings is 1. The Morgan fingerprint density at radius 1 is 1.25 bits per heavy atom. The van der Waals surface area contributed by atoms with Crippen LogP contribution in [0.1, 0.15) is 41.9 Å². The van der Waals surface area contributed by atoms with Crippen molar-refractivity contribution < 1.29 is 14.7 Å². The summed E-state index contributed by atoms with van der Waals surface area (Å²) in [5.74, 6) is -0.304. The average Bonchev–Trinajstić information content (AvgIpc) is 3.36. The van der Waals surface area contributed by atoms with E-state index in [4.69, 9.17) is 5.11 Å². The predicted molar refractivity (Wildman–Crippen MR) is 105 cm³/mol. The Labute approximate surface area is 164 Å². The monoisotopic (exact) mass is 382 g/mol. The van der Waals surface area contributed by atoms with Crippen molar-refractivity contribution in [2.75, 3.05) is 13.1 Å². The van der Waals surface area contributed by atoms with Gasteiger partial charge in [0, 0.05) is 24.3 Å². The number of carbonyl (C=O) groups excluding carboxylic acids is 1. The van der Waals surface area contributed by atoms with Crippen LogP contribution in [0.2, 0.25) is 0 Å². The summed E-state index contributed by atoms with van der Waals surface area (Å²) in [5.41, 5.74) is 2.23. The molecule has 0 spiro atoms. The number of carboxylic acid groups (broad SMARTS) is 1. The van der Waals surface area contributed by atoms with E-state index < -0.39 is 5.97 Å². The molecule has 0 unspecified atom stereocenters. The summed E-state index contributed by atoms with van der Waals surface area (Å²) in [5, 5.41) is 16.6. The zero-order valence-electron chi connectivity index (χ0n) is 16.0. The van der Waals surface area contributed by atoms with Gasteiger partial charge in [0.1, 0.15) is 0 Å². The maximum atomic E-state index is 12.6. The van der Waals surface area contributed by atoms with Crippen molar-refractivity contribution >= 4 is 11.9 Å². The molecule has 2 aromatic rings. The van der Waals surface area contributed by atoms with E-state index in [9.17, 15) is 9.59 Å². The Morgan fingerprint density at radius 2 is 1.96 bits per heavy atom. The molecule has 7 nitrogen and oxygen atoms in total. The third kappa shape index (κ3) is 4.25. The number of carbonyl (C=O) groups is 2. The van der Waals surface area contributed by atoms with E-state index in [0.29, 0.717) is 11.6 Å². The van der Waals surface area contributed by atoms with E-state index in [2.05, 4.69) is 15.3 Å². The van der Waals surface area contributed by atoms with Crippen molar-refractivity contribution in [3.8, 4) is 5.69 Å². The predicted octanol–water partition coefficient (Wildman–Crippen LogP) is 2.24. The van der Waals surface area contributed by atoms with Gasteiger partial charge >= 0.3 is 5.97 Å². The Bertz CT molecular complexity index is 854. The van der Waals surface area contributed by atoms with Gasteiger partial charge in [-0.05, 0) is 56.7 Å². The number of aromatic nitrogens is 2. The van der Waals surface area contributed by atoms with Crippen LogP contribution in [-0.2, 0) is 4.79 Å². The fourth-order valence-electron chi connectivity index (χ4n) is 3.83. The second-order valence-electron chi connectivity index (χ2n) is 7.98. The summed E-state index contributed by atoms with van der Waals surface area (Å²) in [6.07, 6.45) is 3.99. The van der Waals surface area contributed by atoms with Crippen molar-refractivity contribution in [2.45, 2.75) is 44.7 Å². The van der Waals surface area contributed by atoms with Crippen LogP contribution in [-0.4, -0.2) is 56.8 Å². The maximum absolute atomic E-state index is 12.6. The van der Waals surface area contributed by atoms with Gasteiger partial charge in [-0.3, -0.25) is 14.5 Å². The number of aliphatic carboxylic acids is 1. The van der Waals surface area contributed by atoms with Gasteiger partial charge in [0.25, 0.3) is 5.91 Å². The van der Waals surface area contributed by atoms with Crippen LogP contribution in [0.3, 0.4) is 0 Å². The fourth-order valence-corrected chi connectivity index (χ4v) is 3.83. The molecule has 2 aliphatic rings. The van der Waals surface area contributed by atoms with Gasteiger partial charge in [0.15, 0.2) is 5.69 Å². The molecule has 148 valence electrons. The van der Waals surface area contributed by atoms with Gasteiger partial charge in [0.2, 0.25) is 0 Å². The van der Waals surface area contributed by atoms with Crippen molar-refractivity contribution in [3.05, 3.63) is 47.8 Å². The minimum absolute atomic E-state index is 0.0789. The molecule has 0 saturated heterocycles. The lowest BCUT2D eigenvalue weighted by atomic mass is 9.85. The quantitative estimate of drug-likeness (QED) is 0.731. The van der Waals surface area contributed by atoms with E-state index in [1.165, 1.54) is 12.8 Å². The Kier molecular flexibility index (Phi) is 5.17. The molecule has 2 fully saturated rings. The molecule has 2 saturated carbocycles. The lowest BCUT2D eigenvalue weighted by molar-refractivity contribution is -0.139. The largest absolute Gasteiger partial charge is 0.480 e. The highest BCUT2D eigenvalue weighted by Gasteiger charge is 2.38. The first-order valence-electron chi connectivity index (χ1n) is 9.88. The minimum atomic E-state index is -0.782. The summed E-state index contributed by atoms with van der Waals surface area (Å²) in [7, 11) is 0. The third-order valence-electron chi connectivity index (χ3n) is 5.61. The molecule has 0 aliphatic heterocycles. The summed E-state index contributed by atoms with van der Waals surface area (Å²) in [4.78, 5) is 25.8. The number of aryl methyl sites for hydroxylation is 1. The zero-order valence-corrected chi connectivity index (χ0v) is 16.0. The van der Waals surface area contributed by atoms with E-state index in [1.54, 1.807) is 10.7 Å². The maximum Gasteiger partial charge on any atom is 0.317 e. The summed E-state index contributed by atoms with van der Waals surface area (Å²) in [6, 6.07) is 11.8. The smallest absolute Gasteiger partial charge is 0.317 e. The molecular weight excluding hydrogens is 356 g/mol. The number of nitrogens with one attached hydrogen (secondary N) is 1. The van der Waals surface area contributed by atoms with E-state index in [0.717, 1.165) is 30.8 Å². The second kappa shape index (κ2) is 7.75. The number of nitrogens with zero attached hydrogens (tertiary/aromatic N) is 3. The molecular formula is C21H26N4O3. The molecule has 0 atom stereocenters. The highest BCUT2D eigenvalue weighted by molar-refractivity contribution is 5.92. The van der Waals surface area contributed by atoms with Gasteiger partial charge in [-0.2, -0.15) is 5.10 Å². The lowest BCUT2D eigenvalue weighted by Crippen LogP contribution is -2.55. The highest BCUT2D eigenvalue weighted by atomic mass is 16.4. The van der Waals surface area contributed by atoms with E-state index >= 15 is 0 Å². The van der Waals surface area contributed by atoms with Crippen LogP contribution in [0, 0.1) is 12.8 Å². The van der Waals surface area contributed by atoms with E-state index in [-0.39, 0.29) is 24.5 Å². The average molecular weight is 382 g/mol. The second-order valence-corrected chi connectivity index (χ2v) is 7.98. The summed E-state index contributed by atoms with van der Waals surface area (Å²) >= 11 is 0. The topological polar surface area (TPSA) is 87.5 Å². The molecule has 2 aliphatic carbocycles. The van der Waals surface area contributed by atoms with Crippen LogP contribution in [0.4, 0.5) is 0 Å². The summed E-state index contributed by atoms with van der Waals surface area (Å²) in [6.45, 7) is 2.87. The number of rotatable bonds is 8. The molecule has 1 amide bonds. The zero-order chi connectivity index (χ0) is 19.7. The van der Waals surface area contributed by atoms with Crippen LogP contribution < -0.4 is 5.32 Å². The first-order chi connectivity index (χ1) is 13.5. The Balaban J connectivity index is 1.33. The van der Waals surface area contributed by atoms with Gasteiger partial charge in [-0.1, -0.05) is 18.2 Å². The highest BCUT2D eigenvalue weighted by Crippen LogP contribution is 2.33. The van der Waals surface area contributed by atoms with Crippen molar-refractivity contribution in [1.29, 1.82) is 0 Å². The van der Waals surface area contributed by atoms with Crippen molar-refractivity contribution in [3.63, 3.8) is 0 Å². The van der Waals surface area contributed by atoms with Crippen LogP contribution in [0.5, 0.6) is 0 Å². The normalized spacial score (nSPS) is 21.4. The molecule has 0 radical (unpaired) electrons. The van der Waals surface area contributed by atoms with Crippen molar-refractivity contribution in [1.82, 2.24) is 20.0 Å². The summed E-state index contributed by atoms with van der Waals surface area (Å²) < 4.78 is 1.77. The third-order valence-corrected chi connectivity index (χ3v) is 5.61. The number of para-hydroxylation sites is 1. The molecule has 2 N–H and O–H groups in total. The fraction of sp³-hybridized carbons (Fsp3) is 0.476. The van der Waals surface area contributed by atoms with Crippen LogP contribution in [0.15, 0.2) is 36.4 Å². The molecule has 0 bridgehead atoms. The van der Waals surface area contributed by atoms with Gasteiger partial charge in [-0.15, -0.1) is 0 Å². The molecule has 1 heterocycles. The van der Waals surface area contributed by atoms with Gasteiger partial charge in [0.05, 0.1) is 12.2 Å². The molecule has 1 aromatic heterocycles. The molecule has 7 heteroatoms. The Hall–Kier alpha value is -2.67. The SMILES string of the molecule is Cc1cc(C(=O)NC2CC(N(CC(=O)O)CC3CC3)C2)nn1-c1ccccc1. The van der Waals surface area contributed by atoms with Crippen molar-refractivity contribution in [2.24, 2.45) is 5.92 Å². The molecule has 1 aromatic carbocycles.